The molecule has 2 heterocycles. The zero-order valence-corrected chi connectivity index (χ0v) is 10.4. The molecule has 1 aromatic heterocycles. The number of likely N-dealkylation sites (N-methyl/N-ethyl adjacent to an activating group) is 1. The summed E-state index contributed by atoms with van der Waals surface area (Å²) in [4.78, 5) is 17.4. The van der Waals surface area contributed by atoms with E-state index in [1.165, 1.54) is 11.5 Å². The first-order chi connectivity index (χ1) is 7.69. The van der Waals surface area contributed by atoms with Gasteiger partial charge in [-0.2, -0.15) is 4.37 Å². The summed E-state index contributed by atoms with van der Waals surface area (Å²) in [6.45, 7) is 2.79. The van der Waals surface area contributed by atoms with E-state index in [0.29, 0.717) is 12.5 Å². The molecule has 0 spiro atoms. The summed E-state index contributed by atoms with van der Waals surface area (Å²) in [5.74, 6) is 1.11. The van der Waals surface area contributed by atoms with Gasteiger partial charge in [-0.15, -0.1) is 0 Å². The number of nitrogens with one attached hydrogen (secondary N) is 1. The maximum atomic E-state index is 11.3. The molecular formula is C10H16N4OS. The van der Waals surface area contributed by atoms with Gasteiger partial charge in [-0.25, -0.2) is 4.98 Å². The van der Waals surface area contributed by atoms with E-state index in [0.717, 1.165) is 30.3 Å². The first-order valence-corrected chi connectivity index (χ1v) is 6.29. The molecule has 1 aromatic rings. The number of rotatable bonds is 3. The van der Waals surface area contributed by atoms with Crippen LogP contribution in [-0.2, 0) is 11.2 Å². The average molecular weight is 240 g/mol. The second-order valence-electron chi connectivity index (χ2n) is 4.02. The second-order valence-corrected chi connectivity index (χ2v) is 4.78. The van der Waals surface area contributed by atoms with Crippen LogP contribution >= 0.6 is 11.5 Å². The van der Waals surface area contributed by atoms with E-state index < -0.39 is 0 Å². The number of aromatic nitrogens is 2. The normalized spacial score (nSPS) is 21.2. The molecule has 6 heteroatoms. The van der Waals surface area contributed by atoms with E-state index >= 15 is 0 Å². The van der Waals surface area contributed by atoms with Gasteiger partial charge in [0.1, 0.15) is 5.82 Å². The molecule has 0 saturated carbocycles. The van der Waals surface area contributed by atoms with Gasteiger partial charge in [0.2, 0.25) is 11.0 Å². The van der Waals surface area contributed by atoms with Crippen molar-refractivity contribution in [3.63, 3.8) is 0 Å². The largest absolute Gasteiger partial charge is 0.356 e. The van der Waals surface area contributed by atoms with Gasteiger partial charge in [-0.1, -0.05) is 6.92 Å². The summed E-state index contributed by atoms with van der Waals surface area (Å²) in [6, 6.07) is 0.306. The molecule has 1 fully saturated rings. The van der Waals surface area contributed by atoms with Crippen molar-refractivity contribution in [2.24, 2.45) is 0 Å². The molecular weight excluding hydrogens is 224 g/mol. The zero-order valence-electron chi connectivity index (χ0n) is 9.56. The van der Waals surface area contributed by atoms with Crippen molar-refractivity contribution in [3.05, 3.63) is 5.82 Å². The van der Waals surface area contributed by atoms with Crippen molar-refractivity contribution in [2.75, 3.05) is 18.9 Å². The number of nitrogens with zero attached hydrogens (tertiary/aromatic N) is 3. The molecule has 1 saturated heterocycles. The van der Waals surface area contributed by atoms with Gasteiger partial charge >= 0.3 is 0 Å². The predicted octanol–water partition coefficient (Wildman–Crippen LogP) is 1.13. The Kier molecular flexibility index (Phi) is 3.38. The standard InChI is InChI=1S/C10H16N4OS/c1-3-8-12-10(16-13-8)11-7-4-5-9(15)14(2)6-7/h7H,3-6H2,1-2H3,(H,11,12,13)/t7-/m0/s1. The van der Waals surface area contributed by atoms with Crippen LogP contribution in [0.15, 0.2) is 0 Å². The summed E-state index contributed by atoms with van der Waals surface area (Å²) in [6.07, 6.45) is 2.36. The van der Waals surface area contributed by atoms with Crippen LogP contribution in [0, 0.1) is 0 Å². The van der Waals surface area contributed by atoms with E-state index in [1.807, 2.05) is 14.0 Å². The maximum absolute atomic E-state index is 11.3. The van der Waals surface area contributed by atoms with Gasteiger partial charge in [0.05, 0.1) is 0 Å². The van der Waals surface area contributed by atoms with Crippen LogP contribution in [0.2, 0.25) is 0 Å². The third-order valence-corrected chi connectivity index (χ3v) is 3.42. The number of amides is 1. The average Bonchev–Trinajstić information content (AvgIpc) is 2.71. The number of piperidine rings is 1. The van der Waals surface area contributed by atoms with E-state index in [2.05, 4.69) is 14.7 Å². The summed E-state index contributed by atoms with van der Waals surface area (Å²) in [5.41, 5.74) is 0. The Bertz CT molecular complexity index is 379. The van der Waals surface area contributed by atoms with Gasteiger partial charge in [0.15, 0.2) is 0 Å². The molecule has 0 radical (unpaired) electrons. The Labute approximate surface area is 99.0 Å². The molecule has 5 nitrogen and oxygen atoms in total. The number of carbonyl (C=O) groups is 1. The van der Waals surface area contributed by atoms with Gasteiger partial charge < -0.3 is 10.2 Å². The fraction of sp³-hybridized carbons (Fsp3) is 0.700. The van der Waals surface area contributed by atoms with Crippen LogP contribution in [0.4, 0.5) is 5.13 Å². The zero-order chi connectivity index (χ0) is 11.5. The van der Waals surface area contributed by atoms with Crippen LogP contribution in [0.25, 0.3) is 0 Å². The quantitative estimate of drug-likeness (QED) is 0.860. The predicted molar refractivity (Wildman–Crippen MR) is 63.6 cm³/mol. The van der Waals surface area contributed by atoms with E-state index in [4.69, 9.17) is 0 Å². The Balaban J connectivity index is 1.92. The van der Waals surface area contributed by atoms with Gasteiger partial charge in [0, 0.05) is 44.0 Å². The van der Waals surface area contributed by atoms with Crippen molar-refractivity contribution in [1.82, 2.24) is 14.3 Å². The number of carbonyl (C=O) groups excluding carboxylic acids is 1. The number of aryl methyl sites for hydroxylation is 1. The number of likely N-dealkylation sites (tertiary alicyclic amines) is 1. The van der Waals surface area contributed by atoms with E-state index in [-0.39, 0.29) is 5.91 Å². The molecule has 1 atom stereocenters. The fourth-order valence-electron chi connectivity index (χ4n) is 1.76. The third-order valence-electron chi connectivity index (χ3n) is 2.74. The Morgan fingerprint density at radius 2 is 2.44 bits per heavy atom. The number of hydrogen-bond acceptors (Lipinski definition) is 5. The highest BCUT2D eigenvalue weighted by Crippen LogP contribution is 2.17. The van der Waals surface area contributed by atoms with Crippen LogP contribution in [0.1, 0.15) is 25.6 Å². The molecule has 1 N–H and O–H groups in total. The minimum absolute atomic E-state index is 0.226. The molecule has 1 aliphatic rings. The lowest BCUT2D eigenvalue weighted by Crippen LogP contribution is -2.43. The summed E-state index contributed by atoms with van der Waals surface area (Å²) in [5, 5.41) is 4.20. The van der Waals surface area contributed by atoms with E-state index in [9.17, 15) is 4.79 Å². The Morgan fingerprint density at radius 3 is 3.06 bits per heavy atom. The highest BCUT2D eigenvalue weighted by atomic mass is 32.1. The van der Waals surface area contributed by atoms with Crippen molar-refractivity contribution in [1.29, 1.82) is 0 Å². The van der Waals surface area contributed by atoms with Crippen LogP contribution in [-0.4, -0.2) is 39.8 Å². The maximum Gasteiger partial charge on any atom is 0.222 e. The number of anilines is 1. The lowest BCUT2D eigenvalue weighted by Gasteiger charge is -2.29. The van der Waals surface area contributed by atoms with Crippen LogP contribution < -0.4 is 5.32 Å². The first-order valence-electron chi connectivity index (χ1n) is 5.52. The molecule has 1 aliphatic heterocycles. The lowest BCUT2D eigenvalue weighted by molar-refractivity contribution is -0.132. The van der Waals surface area contributed by atoms with Crippen LogP contribution in [0.3, 0.4) is 0 Å². The van der Waals surface area contributed by atoms with Gasteiger partial charge in [-0.05, 0) is 6.42 Å². The molecule has 16 heavy (non-hydrogen) atoms. The highest BCUT2D eigenvalue weighted by Gasteiger charge is 2.23. The topological polar surface area (TPSA) is 58.1 Å². The molecule has 0 aliphatic carbocycles. The molecule has 0 unspecified atom stereocenters. The van der Waals surface area contributed by atoms with Crippen molar-refractivity contribution in [2.45, 2.75) is 32.2 Å². The summed E-state index contributed by atoms with van der Waals surface area (Å²) in [7, 11) is 1.84. The third kappa shape index (κ3) is 2.49. The molecule has 0 bridgehead atoms. The Morgan fingerprint density at radius 1 is 1.62 bits per heavy atom. The van der Waals surface area contributed by atoms with Gasteiger partial charge in [0.25, 0.3) is 0 Å². The first kappa shape index (κ1) is 11.3. The van der Waals surface area contributed by atoms with Crippen molar-refractivity contribution in [3.8, 4) is 0 Å². The second kappa shape index (κ2) is 4.78. The van der Waals surface area contributed by atoms with Crippen molar-refractivity contribution < 1.29 is 4.79 Å². The Hall–Kier alpha value is -1.17. The number of hydrogen-bond donors (Lipinski definition) is 1. The van der Waals surface area contributed by atoms with E-state index in [1.54, 1.807) is 4.90 Å². The van der Waals surface area contributed by atoms with Crippen LogP contribution in [0.5, 0.6) is 0 Å². The minimum Gasteiger partial charge on any atom is -0.356 e. The summed E-state index contributed by atoms with van der Waals surface area (Å²) < 4.78 is 4.22. The minimum atomic E-state index is 0.226. The monoisotopic (exact) mass is 240 g/mol. The highest BCUT2D eigenvalue weighted by molar-refractivity contribution is 7.09. The molecule has 0 aromatic carbocycles. The SMILES string of the molecule is CCc1nsc(N[C@H]2CCC(=O)N(C)C2)n1. The van der Waals surface area contributed by atoms with Crippen molar-refractivity contribution >= 4 is 22.6 Å². The summed E-state index contributed by atoms with van der Waals surface area (Å²) >= 11 is 1.39. The fourth-order valence-corrected chi connectivity index (χ4v) is 2.49. The molecule has 1 amide bonds. The van der Waals surface area contributed by atoms with Gasteiger partial charge in [-0.3, -0.25) is 4.79 Å². The molecule has 2 rings (SSSR count). The molecule has 88 valence electrons. The smallest absolute Gasteiger partial charge is 0.222 e. The lowest BCUT2D eigenvalue weighted by atomic mass is 10.1.